The Kier molecular flexibility index (Phi) is 7.36. The molecule has 0 atom stereocenters. The molecule has 1 saturated heterocycles. The Labute approximate surface area is 158 Å². The fourth-order valence-corrected chi connectivity index (χ4v) is 4.34. The van der Waals surface area contributed by atoms with Crippen molar-refractivity contribution in [2.45, 2.75) is 76.4 Å². The lowest BCUT2D eigenvalue weighted by Gasteiger charge is -2.35. The SMILES string of the molecule is CN(C(=O)NC1CCN(Cc2ccccc2)CC1)C1CCCCCCC1. The van der Waals surface area contributed by atoms with Crippen molar-refractivity contribution >= 4 is 6.03 Å². The molecule has 1 aromatic carbocycles. The van der Waals surface area contributed by atoms with Gasteiger partial charge in [0, 0.05) is 38.8 Å². The van der Waals surface area contributed by atoms with Crippen molar-refractivity contribution < 1.29 is 4.79 Å². The number of hydrogen-bond acceptors (Lipinski definition) is 2. The van der Waals surface area contributed by atoms with E-state index in [0.29, 0.717) is 12.1 Å². The summed E-state index contributed by atoms with van der Waals surface area (Å²) in [4.78, 5) is 17.2. The van der Waals surface area contributed by atoms with Gasteiger partial charge in [-0.15, -0.1) is 0 Å². The van der Waals surface area contributed by atoms with E-state index in [0.717, 1.165) is 32.5 Å². The molecule has 1 aromatic rings. The molecule has 0 spiro atoms. The van der Waals surface area contributed by atoms with Gasteiger partial charge in [-0.25, -0.2) is 4.79 Å². The van der Waals surface area contributed by atoms with Gasteiger partial charge in [-0.05, 0) is 31.2 Å². The second kappa shape index (κ2) is 9.96. The maximum Gasteiger partial charge on any atom is 0.317 e. The molecule has 1 aliphatic carbocycles. The number of carbonyl (C=O) groups excluding carboxylic acids is 1. The number of urea groups is 1. The number of nitrogens with zero attached hydrogens (tertiary/aromatic N) is 2. The summed E-state index contributed by atoms with van der Waals surface area (Å²) in [6, 6.07) is 11.5. The first-order chi connectivity index (χ1) is 12.7. The quantitative estimate of drug-likeness (QED) is 0.866. The van der Waals surface area contributed by atoms with Crippen LogP contribution in [0.5, 0.6) is 0 Å². The van der Waals surface area contributed by atoms with Gasteiger partial charge in [0.1, 0.15) is 0 Å². The molecule has 0 aromatic heterocycles. The van der Waals surface area contributed by atoms with E-state index in [-0.39, 0.29) is 6.03 Å². The summed E-state index contributed by atoms with van der Waals surface area (Å²) < 4.78 is 0. The van der Waals surface area contributed by atoms with Gasteiger partial charge in [0.2, 0.25) is 0 Å². The second-order valence-electron chi connectivity index (χ2n) is 8.10. The van der Waals surface area contributed by atoms with Crippen LogP contribution in [0.2, 0.25) is 0 Å². The summed E-state index contributed by atoms with van der Waals surface area (Å²) in [5.41, 5.74) is 1.37. The van der Waals surface area contributed by atoms with Gasteiger partial charge in [-0.2, -0.15) is 0 Å². The molecule has 144 valence electrons. The zero-order valence-electron chi connectivity index (χ0n) is 16.3. The highest BCUT2D eigenvalue weighted by Gasteiger charge is 2.25. The van der Waals surface area contributed by atoms with Gasteiger partial charge in [-0.1, -0.05) is 62.4 Å². The predicted molar refractivity (Wildman–Crippen MR) is 107 cm³/mol. The van der Waals surface area contributed by atoms with Crippen molar-refractivity contribution in [1.29, 1.82) is 0 Å². The van der Waals surface area contributed by atoms with Crippen molar-refractivity contribution in [3.8, 4) is 0 Å². The van der Waals surface area contributed by atoms with Crippen LogP contribution >= 0.6 is 0 Å². The minimum atomic E-state index is 0.136. The van der Waals surface area contributed by atoms with Gasteiger partial charge in [0.25, 0.3) is 0 Å². The Morgan fingerprint density at radius 2 is 1.62 bits per heavy atom. The maximum absolute atomic E-state index is 12.7. The molecule has 1 aliphatic heterocycles. The Bertz CT molecular complexity index is 532. The zero-order chi connectivity index (χ0) is 18.2. The van der Waals surface area contributed by atoms with Crippen LogP contribution in [-0.2, 0) is 6.54 Å². The molecule has 26 heavy (non-hydrogen) atoms. The molecule has 0 unspecified atom stereocenters. The van der Waals surface area contributed by atoms with Gasteiger partial charge >= 0.3 is 6.03 Å². The van der Waals surface area contributed by atoms with E-state index in [9.17, 15) is 4.79 Å². The fourth-order valence-electron chi connectivity index (χ4n) is 4.34. The zero-order valence-corrected chi connectivity index (χ0v) is 16.3. The highest BCUT2D eigenvalue weighted by molar-refractivity contribution is 5.74. The monoisotopic (exact) mass is 357 g/mol. The first-order valence-electron chi connectivity index (χ1n) is 10.5. The Morgan fingerprint density at radius 3 is 2.27 bits per heavy atom. The van der Waals surface area contributed by atoms with Crippen LogP contribution in [0, 0.1) is 0 Å². The van der Waals surface area contributed by atoms with Crippen molar-refractivity contribution in [3.63, 3.8) is 0 Å². The molecule has 4 nitrogen and oxygen atoms in total. The van der Waals surface area contributed by atoms with E-state index < -0.39 is 0 Å². The first-order valence-corrected chi connectivity index (χ1v) is 10.5. The van der Waals surface area contributed by atoms with Crippen molar-refractivity contribution in [3.05, 3.63) is 35.9 Å². The summed E-state index contributed by atoms with van der Waals surface area (Å²) >= 11 is 0. The number of hydrogen-bond donors (Lipinski definition) is 1. The lowest BCUT2D eigenvalue weighted by Crippen LogP contribution is -2.50. The van der Waals surface area contributed by atoms with Crippen LogP contribution in [0.25, 0.3) is 0 Å². The van der Waals surface area contributed by atoms with Crippen LogP contribution < -0.4 is 5.32 Å². The molecule has 0 radical (unpaired) electrons. The van der Waals surface area contributed by atoms with Crippen LogP contribution in [0.3, 0.4) is 0 Å². The molecule has 2 amide bonds. The third-order valence-corrected chi connectivity index (χ3v) is 6.11. The summed E-state index contributed by atoms with van der Waals surface area (Å²) in [6.07, 6.45) is 11.0. The molecule has 1 N–H and O–H groups in total. The van der Waals surface area contributed by atoms with Crippen LogP contribution in [0.15, 0.2) is 30.3 Å². The molecular weight excluding hydrogens is 322 g/mol. The van der Waals surface area contributed by atoms with Crippen LogP contribution in [-0.4, -0.2) is 48.1 Å². The molecule has 0 bridgehead atoms. The Morgan fingerprint density at radius 1 is 1.00 bits per heavy atom. The van der Waals surface area contributed by atoms with E-state index in [4.69, 9.17) is 0 Å². The molecule has 2 aliphatic rings. The van der Waals surface area contributed by atoms with Gasteiger partial charge in [0.15, 0.2) is 0 Å². The van der Waals surface area contributed by atoms with Crippen molar-refractivity contribution in [2.75, 3.05) is 20.1 Å². The predicted octanol–water partition coefficient (Wildman–Crippen LogP) is 4.41. The lowest BCUT2D eigenvalue weighted by atomic mass is 9.96. The van der Waals surface area contributed by atoms with Crippen LogP contribution in [0.1, 0.15) is 63.4 Å². The van der Waals surface area contributed by atoms with Crippen molar-refractivity contribution in [2.24, 2.45) is 0 Å². The third-order valence-electron chi connectivity index (χ3n) is 6.11. The largest absolute Gasteiger partial charge is 0.335 e. The molecule has 2 fully saturated rings. The number of nitrogens with one attached hydrogen (secondary N) is 1. The van der Waals surface area contributed by atoms with E-state index in [1.807, 2.05) is 11.9 Å². The third kappa shape index (κ3) is 5.73. The molecule has 3 rings (SSSR count). The average molecular weight is 358 g/mol. The maximum atomic E-state index is 12.7. The Balaban J connectivity index is 1.41. The lowest BCUT2D eigenvalue weighted by molar-refractivity contribution is 0.158. The summed E-state index contributed by atoms with van der Waals surface area (Å²) in [7, 11) is 1.99. The normalized spacial score (nSPS) is 21.0. The minimum absolute atomic E-state index is 0.136. The smallest absolute Gasteiger partial charge is 0.317 e. The molecule has 4 heteroatoms. The van der Waals surface area contributed by atoms with Gasteiger partial charge < -0.3 is 10.2 Å². The molecular formula is C22H35N3O. The van der Waals surface area contributed by atoms with E-state index in [1.165, 1.54) is 50.5 Å². The molecule has 1 heterocycles. The van der Waals surface area contributed by atoms with Crippen LogP contribution in [0.4, 0.5) is 4.79 Å². The number of piperidine rings is 1. The average Bonchev–Trinajstić information content (AvgIpc) is 2.63. The standard InChI is InChI=1S/C22H35N3O/c1-24(21-12-8-3-2-4-9-13-21)22(26)23-20-14-16-25(17-15-20)18-19-10-6-5-7-11-19/h5-7,10-11,20-21H,2-4,8-9,12-18H2,1H3,(H,23,26). The Hall–Kier alpha value is -1.55. The summed E-state index contributed by atoms with van der Waals surface area (Å²) in [5, 5.41) is 3.30. The van der Waals surface area contributed by atoms with Gasteiger partial charge in [0.05, 0.1) is 0 Å². The number of amides is 2. The van der Waals surface area contributed by atoms with Gasteiger partial charge in [-0.3, -0.25) is 4.90 Å². The minimum Gasteiger partial charge on any atom is -0.335 e. The van der Waals surface area contributed by atoms with E-state index >= 15 is 0 Å². The number of carbonyl (C=O) groups is 1. The number of likely N-dealkylation sites (tertiary alicyclic amines) is 1. The van der Waals surface area contributed by atoms with Crippen molar-refractivity contribution in [1.82, 2.24) is 15.1 Å². The van der Waals surface area contributed by atoms with E-state index in [1.54, 1.807) is 0 Å². The topological polar surface area (TPSA) is 35.6 Å². The fraction of sp³-hybridized carbons (Fsp3) is 0.682. The highest BCUT2D eigenvalue weighted by Crippen LogP contribution is 2.21. The second-order valence-corrected chi connectivity index (χ2v) is 8.10. The highest BCUT2D eigenvalue weighted by atomic mass is 16.2. The summed E-state index contributed by atoms with van der Waals surface area (Å²) in [6.45, 7) is 3.14. The van der Waals surface area contributed by atoms with E-state index in [2.05, 4.69) is 40.5 Å². The molecule has 1 saturated carbocycles. The number of benzene rings is 1. The summed E-state index contributed by atoms with van der Waals surface area (Å²) in [5.74, 6) is 0. The first kappa shape index (κ1) is 19.2. The number of rotatable bonds is 4.